The van der Waals surface area contributed by atoms with Gasteiger partial charge < -0.3 is 25.5 Å². The quantitative estimate of drug-likeness (QED) is 0.107. The zero-order chi connectivity index (χ0) is 46.4. The van der Waals surface area contributed by atoms with E-state index >= 15 is 0 Å². The Balaban J connectivity index is 1.78. The molecule has 5 heteroatoms. The van der Waals surface area contributed by atoms with Crippen LogP contribution in [0.2, 0.25) is 0 Å². The summed E-state index contributed by atoms with van der Waals surface area (Å²) in [6.45, 7) is 36.5. The average molecular weight is 839 g/mol. The van der Waals surface area contributed by atoms with Crippen LogP contribution in [-0.4, -0.2) is 25.5 Å². The highest BCUT2D eigenvalue weighted by Crippen LogP contribution is 2.47. The summed E-state index contributed by atoms with van der Waals surface area (Å²) in [7, 11) is 0. The zero-order valence-corrected chi connectivity index (χ0v) is 40.8. The first kappa shape index (κ1) is 46.6. The maximum atomic E-state index is 12.3. The molecule has 0 amide bonds. The number of rotatable bonds is 0. The van der Waals surface area contributed by atoms with Crippen LogP contribution < -0.4 is 0 Å². The van der Waals surface area contributed by atoms with Crippen molar-refractivity contribution in [2.45, 2.75) is 176 Å². The van der Waals surface area contributed by atoms with E-state index in [0.29, 0.717) is 57.3 Å². The van der Waals surface area contributed by atoms with Crippen LogP contribution in [0, 0.1) is 0 Å². The molecule has 5 nitrogen and oxygen atoms in total. The monoisotopic (exact) mass is 839 g/mol. The Kier molecular flexibility index (Phi) is 11.6. The molecule has 5 aromatic carbocycles. The molecule has 0 saturated carbocycles. The SMILES string of the molecule is CC(C)(C)c1cc2c(O)c(c1)Cc1cc(C(C)(C)C)cc(c1O)Cc1cc(cc(C(C)(C)C)c1O)C(C)(C)c1cc(c(O)c(C(C)(C)C)c1)Cc1cc(C(C)(C)C)cc(c1O)C2. The Morgan fingerprint density at radius 2 is 0.516 bits per heavy atom. The van der Waals surface area contributed by atoms with Gasteiger partial charge in [0, 0.05) is 31.1 Å². The van der Waals surface area contributed by atoms with E-state index in [2.05, 4.69) is 178 Å². The first-order chi connectivity index (χ1) is 28.2. The van der Waals surface area contributed by atoms with Crippen LogP contribution in [0.5, 0.6) is 28.7 Å². The molecule has 6 rings (SSSR count). The molecule has 5 aromatic rings. The number of phenolic OH excluding ortho intramolecular Hbond substituents is 5. The number of phenols is 5. The molecule has 0 unspecified atom stereocenters. The second-order valence-electron chi connectivity index (χ2n) is 24.1. The molecule has 0 aromatic heterocycles. The van der Waals surface area contributed by atoms with Crippen LogP contribution in [0.4, 0.5) is 0 Å². The summed E-state index contributed by atoms with van der Waals surface area (Å²) in [4.78, 5) is 0. The van der Waals surface area contributed by atoms with Gasteiger partial charge in [-0.05, 0) is 111 Å². The molecule has 0 aliphatic heterocycles. The predicted octanol–water partition coefficient (Wildman–Crippen LogP) is 13.7. The van der Waals surface area contributed by atoms with Gasteiger partial charge in [-0.3, -0.25) is 0 Å². The lowest BCUT2D eigenvalue weighted by atomic mass is 9.71. The van der Waals surface area contributed by atoms with Crippen molar-refractivity contribution in [3.63, 3.8) is 0 Å². The normalized spacial score (nSPS) is 15.0. The van der Waals surface area contributed by atoms with Gasteiger partial charge in [-0.2, -0.15) is 0 Å². The van der Waals surface area contributed by atoms with Crippen LogP contribution in [0.25, 0.3) is 0 Å². The number of benzene rings is 5. The lowest BCUT2D eigenvalue weighted by Crippen LogP contribution is -2.23. The number of hydrogen-bond donors (Lipinski definition) is 5. The van der Waals surface area contributed by atoms with Crippen LogP contribution in [0.1, 0.15) is 201 Å². The highest BCUT2D eigenvalue weighted by molar-refractivity contribution is 5.60. The molecule has 0 saturated heterocycles. The summed E-state index contributed by atoms with van der Waals surface area (Å²) in [5.41, 5.74) is 10.2. The van der Waals surface area contributed by atoms with E-state index in [1.165, 1.54) is 0 Å². The number of aromatic hydroxyl groups is 5. The van der Waals surface area contributed by atoms with Crippen LogP contribution >= 0.6 is 0 Å². The molecule has 0 radical (unpaired) electrons. The molecule has 332 valence electrons. The van der Waals surface area contributed by atoms with Crippen molar-refractivity contribution < 1.29 is 25.5 Å². The molecule has 0 heterocycles. The fourth-order valence-corrected chi connectivity index (χ4v) is 8.90. The molecule has 0 spiro atoms. The Bertz CT molecular complexity index is 2380. The minimum Gasteiger partial charge on any atom is -0.507 e. The minimum atomic E-state index is -0.600. The second-order valence-corrected chi connectivity index (χ2v) is 24.1. The zero-order valence-electron chi connectivity index (χ0n) is 40.8. The highest BCUT2D eigenvalue weighted by atomic mass is 16.3. The van der Waals surface area contributed by atoms with Gasteiger partial charge in [0.25, 0.3) is 0 Å². The van der Waals surface area contributed by atoms with E-state index < -0.39 is 16.2 Å². The van der Waals surface area contributed by atoms with Gasteiger partial charge in [0.15, 0.2) is 0 Å². The predicted molar refractivity (Wildman–Crippen MR) is 257 cm³/mol. The molecule has 10 bridgehead atoms. The summed E-state index contributed by atoms with van der Waals surface area (Å²) in [5.74, 6) is 0.865. The average Bonchev–Trinajstić information content (AvgIpc) is 3.11. The maximum absolute atomic E-state index is 12.3. The molecular weight excluding hydrogens is 765 g/mol. The number of hydrogen-bond acceptors (Lipinski definition) is 5. The molecule has 62 heavy (non-hydrogen) atoms. The topological polar surface area (TPSA) is 101 Å². The molecule has 1 aliphatic carbocycles. The van der Waals surface area contributed by atoms with E-state index in [1.54, 1.807) is 0 Å². The molecule has 0 atom stereocenters. The lowest BCUT2D eigenvalue weighted by molar-refractivity contribution is 0.437. The van der Waals surface area contributed by atoms with Gasteiger partial charge in [0.05, 0.1) is 0 Å². The van der Waals surface area contributed by atoms with E-state index in [4.69, 9.17) is 0 Å². The third-order valence-electron chi connectivity index (χ3n) is 13.4. The second kappa shape index (κ2) is 15.4. The molecule has 5 N–H and O–H groups in total. The Labute approximate surface area is 372 Å². The smallest absolute Gasteiger partial charge is 0.122 e. The molecule has 0 fully saturated rings. The largest absolute Gasteiger partial charge is 0.507 e. The van der Waals surface area contributed by atoms with Crippen molar-refractivity contribution >= 4 is 0 Å². The Hall–Kier alpha value is -4.90. The highest BCUT2D eigenvalue weighted by Gasteiger charge is 2.33. The van der Waals surface area contributed by atoms with E-state index in [0.717, 1.165) is 38.9 Å². The van der Waals surface area contributed by atoms with Crippen molar-refractivity contribution in [1.29, 1.82) is 0 Å². The third kappa shape index (κ3) is 9.10. The van der Waals surface area contributed by atoms with Gasteiger partial charge >= 0.3 is 0 Å². The van der Waals surface area contributed by atoms with Gasteiger partial charge in [-0.15, -0.1) is 0 Å². The first-order valence-corrected chi connectivity index (χ1v) is 22.5. The molecular formula is C57H74O5. The van der Waals surface area contributed by atoms with Gasteiger partial charge in [0.2, 0.25) is 0 Å². The summed E-state index contributed by atoms with van der Waals surface area (Å²) in [6.07, 6.45) is 1.14. The first-order valence-electron chi connectivity index (χ1n) is 22.5. The standard InChI is InChI=1S/C57H74O5/c1-52(2,3)40-22-32-18-34-24-41(53(4,5)6)26-36(48(34)59)20-38-28-43(30-45(50(38)61)55(10,11)12)57(16,17)44-29-39(51(62)46(31-44)56(13,14)15)21-37-27-42(54(7,8)9)25-35(49(37)60)19-33(23-40)47(32)58/h22-31,58-62H,18-21H2,1-17H3. The van der Waals surface area contributed by atoms with E-state index in [-0.39, 0.29) is 57.8 Å². The lowest BCUT2D eigenvalue weighted by Gasteiger charge is -2.33. The van der Waals surface area contributed by atoms with Crippen LogP contribution in [0.15, 0.2) is 60.7 Å². The van der Waals surface area contributed by atoms with Crippen LogP contribution in [-0.2, 0) is 58.2 Å². The van der Waals surface area contributed by atoms with Crippen molar-refractivity contribution in [1.82, 2.24) is 0 Å². The summed E-state index contributed by atoms with van der Waals surface area (Å²) >= 11 is 0. The van der Waals surface area contributed by atoms with Crippen molar-refractivity contribution in [3.8, 4) is 28.7 Å². The summed E-state index contributed by atoms with van der Waals surface area (Å²) < 4.78 is 0. The van der Waals surface area contributed by atoms with Crippen molar-refractivity contribution in [2.75, 3.05) is 0 Å². The van der Waals surface area contributed by atoms with Gasteiger partial charge in [-0.1, -0.05) is 178 Å². The van der Waals surface area contributed by atoms with Crippen molar-refractivity contribution in [3.05, 3.63) is 144 Å². The van der Waals surface area contributed by atoms with E-state index in [1.807, 2.05) is 0 Å². The maximum Gasteiger partial charge on any atom is 0.122 e. The fourth-order valence-electron chi connectivity index (χ4n) is 8.90. The Morgan fingerprint density at radius 3 is 0.710 bits per heavy atom. The fraction of sp³-hybridized carbons (Fsp3) is 0.474. The Morgan fingerprint density at radius 1 is 0.306 bits per heavy atom. The van der Waals surface area contributed by atoms with Crippen molar-refractivity contribution in [2.24, 2.45) is 0 Å². The van der Waals surface area contributed by atoms with Gasteiger partial charge in [0.1, 0.15) is 28.7 Å². The number of fused-ring (bicyclic) bond motifs is 10. The summed E-state index contributed by atoms with van der Waals surface area (Å²) in [6, 6.07) is 20.8. The van der Waals surface area contributed by atoms with Gasteiger partial charge in [-0.25, -0.2) is 0 Å². The van der Waals surface area contributed by atoms with Crippen LogP contribution in [0.3, 0.4) is 0 Å². The minimum absolute atomic E-state index is 0.138. The van der Waals surface area contributed by atoms with E-state index in [9.17, 15) is 25.5 Å². The third-order valence-corrected chi connectivity index (χ3v) is 13.4. The molecule has 1 aliphatic rings. The summed E-state index contributed by atoms with van der Waals surface area (Å²) in [5, 5.41) is 61.3.